The summed E-state index contributed by atoms with van der Waals surface area (Å²) >= 11 is 7.38. The fraction of sp³-hybridized carbons (Fsp3) is 0.100. The van der Waals surface area contributed by atoms with Crippen molar-refractivity contribution in [3.05, 3.63) is 28.9 Å². The van der Waals surface area contributed by atoms with Crippen molar-refractivity contribution in [1.29, 1.82) is 5.26 Å². The molecule has 0 atom stereocenters. The van der Waals surface area contributed by atoms with Crippen molar-refractivity contribution < 1.29 is 0 Å². The minimum absolute atomic E-state index is 0.179. The van der Waals surface area contributed by atoms with E-state index in [9.17, 15) is 0 Å². The Kier molecular flexibility index (Phi) is 3.52. The predicted octanol–water partition coefficient (Wildman–Crippen LogP) is 2.80. The summed E-state index contributed by atoms with van der Waals surface area (Å²) in [5, 5.41) is 19.7. The van der Waals surface area contributed by atoms with Crippen LogP contribution in [0.1, 0.15) is 5.56 Å². The number of pyridine rings is 1. The van der Waals surface area contributed by atoms with E-state index in [1.54, 1.807) is 23.9 Å². The van der Waals surface area contributed by atoms with Crippen LogP contribution in [0.4, 0.5) is 11.6 Å². The lowest BCUT2D eigenvalue weighted by molar-refractivity contribution is 1.01. The summed E-state index contributed by atoms with van der Waals surface area (Å²) < 4.78 is 0. The first-order valence-electron chi connectivity index (χ1n) is 4.66. The van der Waals surface area contributed by atoms with Crippen LogP contribution in [0.2, 0.25) is 5.15 Å². The van der Waals surface area contributed by atoms with Gasteiger partial charge in [0.1, 0.15) is 17.0 Å². The van der Waals surface area contributed by atoms with Gasteiger partial charge in [-0.2, -0.15) is 10.4 Å². The number of aromatic amines is 1. The van der Waals surface area contributed by atoms with E-state index < -0.39 is 0 Å². The molecule has 2 aromatic heterocycles. The Morgan fingerprint density at radius 1 is 1.47 bits per heavy atom. The summed E-state index contributed by atoms with van der Waals surface area (Å²) in [5.74, 6) is 1.20. The number of nitrogens with one attached hydrogen (secondary N) is 2. The summed E-state index contributed by atoms with van der Waals surface area (Å²) in [6.07, 6.45) is 1.95. The van der Waals surface area contributed by atoms with Crippen LogP contribution in [-0.4, -0.2) is 21.4 Å². The van der Waals surface area contributed by atoms with Gasteiger partial charge in [-0.3, -0.25) is 5.10 Å². The van der Waals surface area contributed by atoms with E-state index in [0.717, 1.165) is 5.03 Å². The average Bonchev–Trinajstić information content (AvgIpc) is 2.77. The maximum atomic E-state index is 8.72. The molecule has 0 aliphatic rings. The minimum Gasteiger partial charge on any atom is -0.323 e. The van der Waals surface area contributed by atoms with Crippen LogP contribution in [-0.2, 0) is 0 Å². The molecule has 0 aliphatic heterocycles. The van der Waals surface area contributed by atoms with Gasteiger partial charge in [-0.05, 0) is 18.4 Å². The molecule has 2 aromatic rings. The highest BCUT2D eigenvalue weighted by molar-refractivity contribution is 7.98. The summed E-state index contributed by atoms with van der Waals surface area (Å²) in [4.78, 5) is 4.05. The van der Waals surface area contributed by atoms with Gasteiger partial charge in [0, 0.05) is 6.07 Å². The fourth-order valence-corrected chi connectivity index (χ4v) is 1.75. The first kappa shape index (κ1) is 11.8. The van der Waals surface area contributed by atoms with E-state index in [0.29, 0.717) is 17.2 Å². The van der Waals surface area contributed by atoms with Gasteiger partial charge < -0.3 is 5.32 Å². The van der Waals surface area contributed by atoms with Crippen LogP contribution in [0, 0.1) is 11.3 Å². The van der Waals surface area contributed by atoms with E-state index in [-0.39, 0.29) is 5.15 Å². The van der Waals surface area contributed by atoms with Crippen molar-refractivity contribution in [1.82, 2.24) is 15.2 Å². The normalized spacial score (nSPS) is 9.94. The van der Waals surface area contributed by atoms with Crippen LogP contribution < -0.4 is 5.32 Å². The SMILES string of the molecule is CSc1cc(Nc2ccc(C#N)c(Cl)n2)n[nH]1. The monoisotopic (exact) mass is 265 g/mol. The number of thioether (sulfide) groups is 1. The second kappa shape index (κ2) is 5.08. The van der Waals surface area contributed by atoms with E-state index in [1.165, 1.54) is 0 Å². The molecule has 2 N–H and O–H groups in total. The third-order valence-corrected chi connectivity index (χ3v) is 2.94. The summed E-state index contributed by atoms with van der Waals surface area (Å²) in [6, 6.07) is 7.10. The number of hydrogen-bond donors (Lipinski definition) is 2. The second-order valence-corrected chi connectivity index (χ2v) is 4.30. The average molecular weight is 266 g/mol. The third-order valence-electron chi connectivity index (χ3n) is 2.00. The Balaban J connectivity index is 2.19. The zero-order chi connectivity index (χ0) is 12.3. The molecule has 0 bridgehead atoms. The van der Waals surface area contributed by atoms with Crippen molar-refractivity contribution in [2.45, 2.75) is 5.03 Å². The number of hydrogen-bond acceptors (Lipinski definition) is 5. The standard InChI is InChI=1S/C10H8ClN5S/c1-17-9-4-8(15-16-9)13-7-3-2-6(5-12)10(11)14-7/h2-4H,1H3,(H2,13,14,15,16). The highest BCUT2D eigenvalue weighted by Gasteiger charge is 2.05. The molecule has 0 radical (unpaired) electrons. The Bertz CT molecular complexity index is 574. The molecule has 0 saturated heterocycles. The summed E-state index contributed by atoms with van der Waals surface area (Å²) in [6.45, 7) is 0. The minimum atomic E-state index is 0.179. The maximum Gasteiger partial charge on any atom is 0.154 e. The highest BCUT2D eigenvalue weighted by atomic mass is 35.5. The highest BCUT2D eigenvalue weighted by Crippen LogP contribution is 2.20. The molecular weight excluding hydrogens is 258 g/mol. The van der Waals surface area contributed by atoms with Crippen LogP contribution in [0.15, 0.2) is 23.2 Å². The van der Waals surface area contributed by atoms with Crippen LogP contribution in [0.5, 0.6) is 0 Å². The quantitative estimate of drug-likeness (QED) is 0.659. The number of nitrogens with zero attached hydrogens (tertiary/aromatic N) is 3. The molecule has 17 heavy (non-hydrogen) atoms. The lowest BCUT2D eigenvalue weighted by atomic mass is 10.3. The van der Waals surface area contributed by atoms with Crippen molar-refractivity contribution in [3.8, 4) is 6.07 Å². The molecule has 2 rings (SSSR count). The second-order valence-electron chi connectivity index (χ2n) is 3.09. The van der Waals surface area contributed by atoms with Crippen molar-refractivity contribution >= 4 is 35.0 Å². The van der Waals surface area contributed by atoms with Gasteiger partial charge in [-0.25, -0.2) is 4.98 Å². The number of halogens is 1. The molecule has 86 valence electrons. The molecule has 0 spiro atoms. The first-order valence-corrected chi connectivity index (χ1v) is 6.26. The van der Waals surface area contributed by atoms with Crippen molar-refractivity contribution in [2.75, 3.05) is 11.6 Å². The van der Waals surface area contributed by atoms with E-state index in [1.807, 2.05) is 18.4 Å². The molecule has 7 heteroatoms. The van der Waals surface area contributed by atoms with Crippen LogP contribution >= 0.6 is 23.4 Å². The number of nitriles is 1. The van der Waals surface area contributed by atoms with Crippen molar-refractivity contribution in [2.24, 2.45) is 0 Å². The zero-order valence-corrected chi connectivity index (χ0v) is 10.4. The molecule has 0 aromatic carbocycles. The maximum absolute atomic E-state index is 8.72. The van der Waals surface area contributed by atoms with Gasteiger partial charge in [-0.15, -0.1) is 11.8 Å². The smallest absolute Gasteiger partial charge is 0.154 e. The molecule has 0 fully saturated rings. The van der Waals surface area contributed by atoms with Crippen LogP contribution in [0.3, 0.4) is 0 Å². The molecule has 0 aliphatic carbocycles. The summed E-state index contributed by atoms with van der Waals surface area (Å²) in [5.41, 5.74) is 0.351. The Morgan fingerprint density at radius 2 is 2.29 bits per heavy atom. The number of H-pyrrole nitrogens is 1. The molecule has 2 heterocycles. The molecule has 0 unspecified atom stereocenters. The van der Waals surface area contributed by atoms with Crippen molar-refractivity contribution in [3.63, 3.8) is 0 Å². The largest absolute Gasteiger partial charge is 0.323 e. The molecular formula is C10H8ClN5S. The lowest BCUT2D eigenvalue weighted by Gasteiger charge is -2.02. The van der Waals surface area contributed by atoms with Gasteiger partial charge in [0.25, 0.3) is 0 Å². The fourth-order valence-electron chi connectivity index (χ4n) is 1.19. The number of rotatable bonds is 3. The van der Waals surface area contributed by atoms with Gasteiger partial charge in [0.15, 0.2) is 5.82 Å². The van der Waals surface area contributed by atoms with Gasteiger partial charge in [0.05, 0.1) is 10.6 Å². The Hall–Kier alpha value is -1.71. The van der Waals surface area contributed by atoms with Gasteiger partial charge in [0.2, 0.25) is 0 Å². The van der Waals surface area contributed by atoms with E-state index in [2.05, 4.69) is 20.5 Å². The van der Waals surface area contributed by atoms with E-state index in [4.69, 9.17) is 16.9 Å². The topological polar surface area (TPSA) is 77.4 Å². The molecule has 0 amide bonds. The van der Waals surface area contributed by atoms with Crippen LogP contribution in [0.25, 0.3) is 0 Å². The third kappa shape index (κ3) is 2.70. The summed E-state index contributed by atoms with van der Waals surface area (Å²) in [7, 11) is 0. The Morgan fingerprint density at radius 3 is 2.88 bits per heavy atom. The molecule has 0 saturated carbocycles. The Labute approximate surface area is 107 Å². The predicted molar refractivity (Wildman–Crippen MR) is 67.6 cm³/mol. The zero-order valence-electron chi connectivity index (χ0n) is 8.86. The molecule has 5 nitrogen and oxygen atoms in total. The van der Waals surface area contributed by atoms with E-state index >= 15 is 0 Å². The number of anilines is 2. The lowest BCUT2D eigenvalue weighted by Crippen LogP contribution is -1.95. The first-order chi connectivity index (χ1) is 8.22. The number of aromatic nitrogens is 3. The van der Waals surface area contributed by atoms with Gasteiger partial charge >= 0.3 is 0 Å². The van der Waals surface area contributed by atoms with Gasteiger partial charge in [-0.1, -0.05) is 11.6 Å².